The number of benzene rings is 2. The largest absolute Gasteiger partial charge is 0.455 e. The molecular formula is C15H12N4O4. The second-order valence-electron chi connectivity index (χ2n) is 5.18. The highest BCUT2D eigenvalue weighted by Crippen LogP contribution is 2.37. The van der Waals surface area contributed by atoms with E-state index in [0.717, 1.165) is 0 Å². The number of rotatable bonds is 1. The lowest BCUT2D eigenvalue weighted by Gasteiger charge is -2.04. The van der Waals surface area contributed by atoms with Crippen molar-refractivity contribution in [1.29, 1.82) is 0 Å². The summed E-state index contributed by atoms with van der Waals surface area (Å²) in [6.45, 7) is 0. The van der Waals surface area contributed by atoms with Gasteiger partial charge in [-0.3, -0.25) is 0 Å². The molecule has 0 atom stereocenters. The van der Waals surface area contributed by atoms with Gasteiger partial charge in [-0.25, -0.2) is 4.79 Å². The molecule has 0 bridgehead atoms. The Balaban J connectivity index is 2.28. The van der Waals surface area contributed by atoms with Crippen LogP contribution < -0.4 is 33.6 Å². The van der Waals surface area contributed by atoms with Gasteiger partial charge in [0.2, 0.25) is 0 Å². The molecule has 0 aliphatic carbocycles. The Kier molecular flexibility index (Phi) is 2.49. The van der Waals surface area contributed by atoms with Crippen LogP contribution in [0.4, 0.5) is 17.1 Å². The van der Waals surface area contributed by atoms with Gasteiger partial charge in [0, 0.05) is 23.6 Å². The van der Waals surface area contributed by atoms with Gasteiger partial charge in [0.05, 0.1) is 22.4 Å². The first-order valence-corrected chi connectivity index (χ1v) is 6.64. The first-order valence-electron chi connectivity index (χ1n) is 6.64. The molecule has 8 heteroatoms. The predicted molar refractivity (Wildman–Crippen MR) is 87.8 cm³/mol. The van der Waals surface area contributed by atoms with E-state index in [-0.39, 0.29) is 16.7 Å². The maximum Gasteiger partial charge on any atom is 0.348 e. The minimum atomic E-state index is -0.580. The van der Waals surface area contributed by atoms with Crippen LogP contribution in [0.2, 0.25) is 0 Å². The Morgan fingerprint density at radius 2 is 1.57 bits per heavy atom. The molecule has 0 saturated carbocycles. The van der Waals surface area contributed by atoms with Crippen molar-refractivity contribution in [3.05, 3.63) is 34.7 Å². The van der Waals surface area contributed by atoms with E-state index < -0.39 is 5.63 Å². The Morgan fingerprint density at radius 1 is 0.826 bits per heavy atom. The summed E-state index contributed by atoms with van der Waals surface area (Å²) in [6, 6.07) is 6.11. The number of hydrogen-bond acceptors (Lipinski definition) is 8. The number of furan rings is 1. The topological polar surface area (TPSA) is 157 Å². The summed E-state index contributed by atoms with van der Waals surface area (Å²) in [5.74, 6) is 5.39. The molecule has 116 valence electrons. The van der Waals surface area contributed by atoms with E-state index in [0.29, 0.717) is 39.0 Å². The van der Waals surface area contributed by atoms with Crippen LogP contribution in [-0.2, 0) is 0 Å². The average molecular weight is 312 g/mol. The van der Waals surface area contributed by atoms with Crippen LogP contribution >= 0.6 is 0 Å². The van der Waals surface area contributed by atoms with Crippen LogP contribution in [0.1, 0.15) is 0 Å². The Hall–Kier alpha value is -3.39. The van der Waals surface area contributed by atoms with E-state index >= 15 is 0 Å². The average Bonchev–Trinajstić information content (AvgIpc) is 2.85. The molecule has 0 unspecified atom stereocenters. The standard InChI is InChI=1S/C15H12N4O4/c16-7-3-6-10(4-8(7)17)21-14-12(6)15(20)22-11-2-5(23-19)1-9(18)13(11)14/h1-4H,16-19H2. The lowest BCUT2D eigenvalue weighted by atomic mass is 10.1. The van der Waals surface area contributed by atoms with Gasteiger partial charge in [-0.2, -0.15) is 5.90 Å². The van der Waals surface area contributed by atoms with Crippen molar-refractivity contribution in [2.45, 2.75) is 0 Å². The molecule has 2 aromatic carbocycles. The molecule has 0 amide bonds. The molecule has 2 heterocycles. The molecule has 2 aromatic heterocycles. The monoisotopic (exact) mass is 312 g/mol. The predicted octanol–water partition coefficient (Wildman–Crippen LogP) is 1.69. The lowest BCUT2D eigenvalue weighted by molar-refractivity contribution is 0.334. The van der Waals surface area contributed by atoms with Gasteiger partial charge < -0.3 is 30.9 Å². The fourth-order valence-corrected chi connectivity index (χ4v) is 2.71. The van der Waals surface area contributed by atoms with E-state index in [9.17, 15) is 4.79 Å². The summed E-state index contributed by atoms with van der Waals surface area (Å²) in [7, 11) is 0. The van der Waals surface area contributed by atoms with Crippen molar-refractivity contribution >= 4 is 50.0 Å². The van der Waals surface area contributed by atoms with Crippen molar-refractivity contribution in [3.8, 4) is 5.75 Å². The highest BCUT2D eigenvalue weighted by Gasteiger charge is 2.19. The first kappa shape index (κ1) is 13.3. The third-order valence-electron chi connectivity index (χ3n) is 3.77. The van der Waals surface area contributed by atoms with Crippen LogP contribution in [0.25, 0.3) is 32.9 Å². The SMILES string of the molecule is NOc1cc(N)c2c(c1)oc(=O)c1c3cc(N)c(N)cc3oc21. The van der Waals surface area contributed by atoms with Gasteiger partial charge in [-0.15, -0.1) is 0 Å². The summed E-state index contributed by atoms with van der Waals surface area (Å²) >= 11 is 0. The maximum absolute atomic E-state index is 12.4. The summed E-state index contributed by atoms with van der Waals surface area (Å²) in [4.78, 5) is 17.0. The second-order valence-corrected chi connectivity index (χ2v) is 5.18. The van der Waals surface area contributed by atoms with Crippen molar-refractivity contribution in [3.63, 3.8) is 0 Å². The number of anilines is 3. The number of nitrogen functional groups attached to an aromatic ring is 3. The van der Waals surface area contributed by atoms with E-state index in [2.05, 4.69) is 4.84 Å². The lowest BCUT2D eigenvalue weighted by Crippen LogP contribution is -2.04. The minimum Gasteiger partial charge on any atom is -0.455 e. The smallest absolute Gasteiger partial charge is 0.348 e. The number of fused-ring (bicyclic) bond motifs is 5. The van der Waals surface area contributed by atoms with Gasteiger partial charge >= 0.3 is 5.63 Å². The molecule has 0 radical (unpaired) electrons. The molecule has 4 rings (SSSR count). The fourth-order valence-electron chi connectivity index (χ4n) is 2.71. The highest BCUT2D eigenvalue weighted by molar-refractivity contribution is 6.17. The summed E-state index contributed by atoms with van der Waals surface area (Å²) in [5.41, 5.74) is 19.0. The Bertz CT molecular complexity index is 1160. The van der Waals surface area contributed by atoms with E-state index in [1.807, 2.05) is 0 Å². The van der Waals surface area contributed by atoms with Crippen LogP contribution in [0.3, 0.4) is 0 Å². The minimum absolute atomic E-state index is 0.211. The highest BCUT2D eigenvalue weighted by atomic mass is 16.6. The molecule has 0 aliphatic heterocycles. The zero-order valence-corrected chi connectivity index (χ0v) is 11.8. The van der Waals surface area contributed by atoms with Gasteiger partial charge in [0.25, 0.3) is 0 Å². The number of hydrogen-bond donors (Lipinski definition) is 4. The second kappa shape index (κ2) is 4.31. The molecule has 4 aromatic rings. The molecule has 0 spiro atoms. The summed E-state index contributed by atoms with van der Waals surface area (Å²) in [5, 5.41) is 1.22. The quantitative estimate of drug-likeness (QED) is 0.235. The van der Waals surface area contributed by atoms with Crippen LogP contribution in [0, 0.1) is 0 Å². The number of nitrogens with two attached hydrogens (primary N) is 4. The van der Waals surface area contributed by atoms with Crippen LogP contribution in [-0.4, -0.2) is 0 Å². The van der Waals surface area contributed by atoms with Crippen molar-refractivity contribution < 1.29 is 13.7 Å². The molecule has 0 saturated heterocycles. The maximum atomic E-state index is 12.4. The summed E-state index contributed by atoms with van der Waals surface area (Å²) < 4.78 is 11.1. The molecule has 0 aliphatic rings. The van der Waals surface area contributed by atoms with Crippen molar-refractivity contribution in [1.82, 2.24) is 0 Å². The van der Waals surface area contributed by atoms with Crippen molar-refractivity contribution in [2.24, 2.45) is 5.90 Å². The fraction of sp³-hybridized carbons (Fsp3) is 0. The third kappa shape index (κ3) is 1.72. The zero-order valence-electron chi connectivity index (χ0n) is 11.8. The zero-order chi connectivity index (χ0) is 16.3. The van der Waals surface area contributed by atoms with E-state index in [4.69, 9.17) is 31.9 Å². The Labute approximate surface area is 128 Å². The molecular weight excluding hydrogens is 300 g/mol. The van der Waals surface area contributed by atoms with Crippen LogP contribution in [0.5, 0.6) is 5.75 Å². The normalized spacial score (nSPS) is 11.5. The Morgan fingerprint density at radius 3 is 2.30 bits per heavy atom. The van der Waals surface area contributed by atoms with Crippen LogP contribution in [0.15, 0.2) is 37.9 Å². The van der Waals surface area contributed by atoms with Gasteiger partial charge in [-0.05, 0) is 6.07 Å². The third-order valence-corrected chi connectivity index (χ3v) is 3.77. The summed E-state index contributed by atoms with van der Waals surface area (Å²) in [6.07, 6.45) is 0. The van der Waals surface area contributed by atoms with Crippen molar-refractivity contribution in [2.75, 3.05) is 17.2 Å². The molecule has 0 fully saturated rings. The molecule has 8 nitrogen and oxygen atoms in total. The van der Waals surface area contributed by atoms with Gasteiger partial charge in [-0.1, -0.05) is 0 Å². The molecule has 8 N–H and O–H groups in total. The van der Waals surface area contributed by atoms with E-state index in [1.54, 1.807) is 12.1 Å². The first-order chi connectivity index (χ1) is 11.0. The van der Waals surface area contributed by atoms with Gasteiger partial charge in [0.1, 0.15) is 16.6 Å². The van der Waals surface area contributed by atoms with E-state index in [1.165, 1.54) is 12.1 Å². The van der Waals surface area contributed by atoms with Gasteiger partial charge in [0.15, 0.2) is 11.3 Å². The molecule has 23 heavy (non-hydrogen) atoms.